The van der Waals surface area contributed by atoms with Crippen molar-refractivity contribution in [2.45, 2.75) is 68.3 Å². The highest BCUT2D eigenvalue weighted by molar-refractivity contribution is 7.44. The van der Waals surface area contributed by atoms with E-state index in [1.807, 2.05) is 0 Å². The van der Waals surface area contributed by atoms with E-state index in [-0.39, 0.29) is 0 Å². The van der Waals surface area contributed by atoms with Gasteiger partial charge in [-0.05, 0) is 0 Å². The average molecular weight is 504 g/mol. The van der Waals surface area contributed by atoms with E-state index in [0.717, 1.165) is 7.11 Å². The number of carbonyl (C=O) groups is 2. The van der Waals surface area contributed by atoms with E-state index in [0.29, 0.717) is 0 Å². The van der Waals surface area contributed by atoms with Crippen LogP contribution in [0, 0.1) is 0 Å². The summed E-state index contributed by atoms with van der Waals surface area (Å²) < 4.78 is 34.3. The molecule has 0 spiro atoms. The lowest BCUT2D eigenvalue weighted by atomic mass is 9.95. The molecular weight excluding hydrogens is 478 g/mol. The second kappa shape index (κ2) is 14.0. The Hall–Kier alpha value is -1.48. The zero-order valence-corrected chi connectivity index (χ0v) is 18.5. The molecule has 33 heavy (non-hydrogen) atoms. The Balaban J connectivity index is 0.00000265. The Morgan fingerprint density at radius 1 is 1.03 bits per heavy atom. The molecule has 0 aliphatic carbocycles. The van der Waals surface area contributed by atoms with Gasteiger partial charge in [-0.25, -0.2) is 9.68 Å². The fraction of sp³-hybridized carbons (Fsp3) is 0.875. The smallest absolute Gasteiger partial charge is 0.335 e. The van der Waals surface area contributed by atoms with Gasteiger partial charge >= 0.3 is 5.97 Å². The van der Waals surface area contributed by atoms with Crippen LogP contribution in [0.4, 0.5) is 0 Å². The number of amides is 1. The molecule has 0 saturated carbocycles. The van der Waals surface area contributed by atoms with Crippen molar-refractivity contribution < 1.29 is 73.1 Å². The second-order valence-electron chi connectivity index (χ2n) is 6.86. The normalized spacial score (nSPS) is 38.6. The molecule has 10 unspecified atom stereocenters. The van der Waals surface area contributed by atoms with E-state index in [9.17, 15) is 35.3 Å². The van der Waals surface area contributed by atoms with Crippen molar-refractivity contribution in [2.24, 2.45) is 0 Å². The molecule has 0 bridgehead atoms. The molecular formula is C16H26NO15S-. The maximum atomic E-state index is 11.7. The van der Waals surface area contributed by atoms with Crippen molar-refractivity contribution in [3.05, 3.63) is 0 Å². The number of aliphatic hydroxyl groups excluding tert-OH is 3. The van der Waals surface area contributed by atoms with Gasteiger partial charge in [0.15, 0.2) is 31.2 Å². The maximum absolute atomic E-state index is 11.7. The number of aliphatic carboxylic acids is 1. The predicted octanol–water partition coefficient (Wildman–Crippen LogP) is -4.96. The van der Waals surface area contributed by atoms with Crippen LogP contribution in [0.3, 0.4) is 0 Å². The Labute approximate surface area is 192 Å². The highest BCUT2D eigenvalue weighted by atomic mass is 32.1. The van der Waals surface area contributed by atoms with Crippen molar-refractivity contribution in [1.82, 2.24) is 5.32 Å². The fourth-order valence-corrected chi connectivity index (χ4v) is 3.53. The highest BCUT2D eigenvalue weighted by Crippen LogP contribution is 2.31. The molecule has 2 aliphatic rings. The van der Waals surface area contributed by atoms with Crippen LogP contribution in [0.1, 0.15) is 6.92 Å². The molecule has 0 aromatic carbocycles. The third kappa shape index (κ3) is 7.01. The Morgan fingerprint density at radius 3 is 2.12 bits per heavy atom. The molecule has 1 amide bonds. The summed E-state index contributed by atoms with van der Waals surface area (Å²) in [7, 11) is 2.35. The van der Waals surface area contributed by atoms with Crippen LogP contribution in [0.25, 0.3) is 0 Å². The standard InChI is InChI=1S/C16H27NO14.OS/c1-5(19)17-7-11(10(30-31-24)6(4-18)27-15(7)26-3)28-16-9(21)8(20)12(25-2)13(29-16)14(22)23;1-2/h6-13,15-16,18,20-21,24H,4H2,1-3H3,(H,17,19)(H,22,23);/p-1. The Bertz CT molecular complexity index is 629. The van der Waals surface area contributed by atoms with E-state index in [2.05, 4.69) is 27.8 Å². The largest absolute Gasteiger partial charge is 0.692 e. The molecule has 17 heteroatoms. The molecule has 2 saturated heterocycles. The fourth-order valence-electron chi connectivity index (χ4n) is 3.53. The zero-order valence-electron chi connectivity index (χ0n) is 17.7. The van der Waals surface area contributed by atoms with E-state index >= 15 is 0 Å². The van der Waals surface area contributed by atoms with Crippen LogP contribution in [0.2, 0.25) is 0 Å². The van der Waals surface area contributed by atoms with Gasteiger partial charge in [0, 0.05) is 21.1 Å². The number of rotatable bonds is 9. The van der Waals surface area contributed by atoms with Crippen molar-refractivity contribution in [3.8, 4) is 0 Å². The van der Waals surface area contributed by atoms with Crippen LogP contribution in [0.15, 0.2) is 0 Å². The highest BCUT2D eigenvalue weighted by Gasteiger charge is 2.54. The molecule has 0 aromatic rings. The lowest BCUT2D eigenvalue weighted by Crippen LogP contribution is -2.68. The summed E-state index contributed by atoms with van der Waals surface area (Å²) in [6, 6.07) is -1.19. The number of hydrogen-bond acceptors (Lipinski definition) is 15. The maximum Gasteiger partial charge on any atom is 0.335 e. The van der Waals surface area contributed by atoms with Crippen LogP contribution in [0.5, 0.6) is 0 Å². The van der Waals surface area contributed by atoms with Gasteiger partial charge in [-0.1, -0.05) is 0 Å². The van der Waals surface area contributed by atoms with Gasteiger partial charge in [-0.3, -0.25) is 9.83 Å². The molecule has 10 atom stereocenters. The van der Waals surface area contributed by atoms with Crippen molar-refractivity contribution in [1.29, 1.82) is 0 Å². The van der Waals surface area contributed by atoms with Crippen molar-refractivity contribution >= 4 is 24.4 Å². The average Bonchev–Trinajstić information content (AvgIpc) is 2.79. The van der Waals surface area contributed by atoms with Crippen LogP contribution in [-0.2, 0) is 55.7 Å². The molecule has 0 radical (unpaired) electrons. The summed E-state index contributed by atoms with van der Waals surface area (Å²) in [5.41, 5.74) is 0. The van der Waals surface area contributed by atoms with E-state index in [1.165, 1.54) is 14.0 Å². The number of methoxy groups -OCH3 is 2. The van der Waals surface area contributed by atoms with Gasteiger partial charge < -0.3 is 54.7 Å². The number of aliphatic hydroxyl groups is 3. The van der Waals surface area contributed by atoms with Gasteiger partial charge in [0.1, 0.15) is 42.7 Å². The zero-order chi connectivity index (χ0) is 25.3. The Morgan fingerprint density at radius 2 is 1.67 bits per heavy atom. The number of carboxylic acids is 1. The minimum absolute atomic E-state index is 0.568. The van der Waals surface area contributed by atoms with Crippen molar-refractivity contribution in [3.63, 3.8) is 0 Å². The lowest BCUT2D eigenvalue weighted by Gasteiger charge is -2.48. The van der Waals surface area contributed by atoms with Gasteiger partial charge in [-0.15, -0.1) is 0 Å². The second-order valence-corrected chi connectivity index (χ2v) is 6.86. The summed E-state index contributed by atoms with van der Waals surface area (Å²) in [5, 5.41) is 56.2. The lowest BCUT2D eigenvalue weighted by molar-refractivity contribution is -0.808. The van der Waals surface area contributed by atoms with Gasteiger partial charge in [0.25, 0.3) is 0 Å². The first kappa shape index (κ1) is 29.6. The summed E-state index contributed by atoms with van der Waals surface area (Å²) in [6.45, 7) is 0.474. The van der Waals surface area contributed by atoms with Crippen molar-refractivity contribution in [2.75, 3.05) is 20.8 Å². The molecule has 2 rings (SSSR count). The first-order chi connectivity index (χ1) is 15.7. The van der Waals surface area contributed by atoms with Crippen LogP contribution >= 0.6 is 0 Å². The van der Waals surface area contributed by atoms with Crippen LogP contribution < -0.4 is 10.6 Å². The first-order valence-corrected chi connectivity index (χ1v) is 9.64. The molecule has 5 N–H and O–H groups in total. The first-order valence-electron chi connectivity index (χ1n) is 9.30. The van der Waals surface area contributed by atoms with E-state index in [1.54, 1.807) is 0 Å². The van der Waals surface area contributed by atoms with E-state index < -0.39 is 79.8 Å². The molecule has 0 aromatic heterocycles. The third-order valence-corrected chi connectivity index (χ3v) is 4.93. The predicted molar refractivity (Wildman–Crippen MR) is 98.4 cm³/mol. The Kier molecular flexibility index (Phi) is 12.6. The number of ether oxygens (including phenoxy) is 5. The van der Waals surface area contributed by atoms with Gasteiger partial charge in [0.2, 0.25) is 5.91 Å². The molecule has 192 valence electrons. The van der Waals surface area contributed by atoms with Gasteiger partial charge in [0.05, 0.1) is 6.61 Å². The number of carbonyl (C=O) groups excluding carboxylic acids is 1. The topological polar surface area (TPSA) is 232 Å². The minimum Gasteiger partial charge on any atom is -0.692 e. The SMILES string of the molecule is COC1OC(CO)C(OO[O-])C(OC2OC(C(=O)O)C(OC)C(O)C2O)C1NC(C)=O.O=S. The third-order valence-electron chi connectivity index (χ3n) is 4.93. The summed E-state index contributed by atoms with van der Waals surface area (Å²) >= 11 is 2.83. The number of nitrogens with one attached hydrogen (secondary N) is 1. The number of carboxylic acid groups (broad SMARTS) is 1. The summed E-state index contributed by atoms with van der Waals surface area (Å²) in [5.74, 6) is -2.07. The van der Waals surface area contributed by atoms with E-state index in [4.69, 9.17) is 27.9 Å². The molecule has 2 heterocycles. The summed E-state index contributed by atoms with van der Waals surface area (Å²) in [4.78, 5) is 27.8. The minimum atomic E-state index is -1.80. The molecule has 16 nitrogen and oxygen atoms in total. The monoisotopic (exact) mass is 504 g/mol. The quantitative estimate of drug-likeness (QED) is 0.146. The molecule has 2 aliphatic heterocycles. The molecule has 2 fully saturated rings. The number of hydrogen-bond donors (Lipinski definition) is 5. The van der Waals surface area contributed by atoms with Crippen LogP contribution in [-0.4, -0.2) is 119 Å². The summed E-state index contributed by atoms with van der Waals surface area (Å²) in [6.07, 6.45) is -13.8. The van der Waals surface area contributed by atoms with Gasteiger partial charge in [-0.2, -0.15) is 4.21 Å².